The third kappa shape index (κ3) is 5.20. The lowest BCUT2D eigenvalue weighted by Crippen LogP contribution is -2.63. The van der Waals surface area contributed by atoms with E-state index in [0.29, 0.717) is 19.3 Å². The van der Waals surface area contributed by atoms with E-state index in [1.54, 1.807) is 12.2 Å². The maximum absolute atomic E-state index is 14.2. The Labute approximate surface area is 253 Å². The average molecular weight is 602 g/mol. The van der Waals surface area contributed by atoms with Crippen molar-refractivity contribution in [2.45, 2.75) is 109 Å². The zero-order valence-corrected chi connectivity index (χ0v) is 25.9. The zero-order valence-electron chi connectivity index (χ0n) is 25.9. The molecule has 5 N–H and O–H groups in total. The van der Waals surface area contributed by atoms with E-state index in [1.807, 2.05) is 13.0 Å². The van der Waals surface area contributed by atoms with Crippen LogP contribution in [0, 0.1) is 28.6 Å². The molecule has 0 aromatic rings. The average Bonchev–Trinajstić information content (AvgIpc) is 3.43. The van der Waals surface area contributed by atoms with Gasteiger partial charge in [0, 0.05) is 16.7 Å². The summed E-state index contributed by atoms with van der Waals surface area (Å²) in [5, 5.41) is 16.9. The first-order chi connectivity index (χ1) is 20.3. The fourth-order valence-electron chi connectivity index (χ4n) is 8.94. The second-order valence-electron chi connectivity index (χ2n) is 13.6. The van der Waals surface area contributed by atoms with Crippen LogP contribution in [0.3, 0.4) is 0 Å². The fraction of sp³-hybridized carbons (Fsp3) is 0.750. The van der Waals surface area contributed by atoms with Gasteiger partial charge in [-0.2, -0.15) is 0 Å². The minimum Gasteiger partial charge on any atom is -0.393 e. The molecule has 1 heterocycles. The quantitative estimate of drug-likeness (QED) is 0.215. The largest absolute Gasteiger partial charge is 0.393 e. The van der Waals surface area contributed by atoms with Crippen molar-refractivity contribution >= 4 is 23.4 Å². The summed E-state index contributed by atoms with van der Waals surface area (Å²) in [6.07, 6.45) is 7.68. The van der Waals surface area contributed by atoms with Gasteiger partial charge in [0.25, 0.3) is 0 Å². The highest BCUT2D eigenvalue weighted by atomic mass is 16.7. The lowest BCUT2D eigenvalue weighted by molar-refractivity contribution is -0.201. The molecule has 11 nitrogen and oxygen atoms in total. The monoisotopic (exact) mass is 601 g/mol. The molecule has 5 aliphatic rings. The van der Waals surface area contributed by atoms with Crippen LogP contribution in [-0.2, 0) is 33.4 Å². The van der Waals surface area contributed by atoms with Crippen molar-refractivity contribution in [3.8, 4) is 0 Å². The Morgan fingerprint density at radius 2 is 1.98 bits per heavy atom. The number of allylic oxidation sites excluding steroid dienone is 4. The first-order valence-electron chi connectivity index (χ1n) is 15.7. The Kier molecular flexibility index (Phi) is 8.78. The molecule has 2 unspecified atom stereocenters. The van der Waals surface area contributed by atoms with Crippen molar-refractivity contribution in [1.29, 1.82) is 0 Å². The zero-order chi connectivity index (χ0) is 31.3. The lowest BCUT2D eigenvalue weighted by Gasteiger charge is -2.59. The summed E-state index contributed by atoms with van der Waals surface area (Å²) in [5.41, 5.74) is 4.22. The van der Waals surface area contributed by atoms with Gasteiger partial charge in [0.15, 0.2) is 23.5 Å². The minimum absolute atomic E-state index is 0.00895. The number of ether oxygens (including phenoxy) is 3. The SMILES string of the molecule is CCCC1O[C@@H]2C[C@H]3C4CCC5=CC(=O)C=C[C@]5(C)[C@H]4[C@@H](O)C[C@]3(C)[C@]2(C(=O)COCNC(=O)[C@H](C)NC(=O)[C@H](C)N)O1. The van der Waals surface area contributed by atoms with Gasteiger partial charge in [-0.15, -0.1) is 0 Å². The van der Waals surface area contributed by atoms with Crippen LogP contribution in [-0.4, -0.2) is 78.0 Å². The van der Waals surface area contributed by atoms with Gasteiger partial charge in [0.05, 0.1) is 18.2 Å². The molecule has 11 atom stereocenters. The minimum atomic E-state index is -1.29. The lowest BCUT2D eigenvalue weighted by atomic mass is 9.46. The normalized spacial score (nSPS) is 40.8. The number of aliphatic hydroxyl groups is 1. The Morgan fingerprint density at radius 1 is 1.23 bits per heavy atom. The number of aliphatic hydroxyl groups excluding tert-OH is 1. The van der Waals surface area contributed by atoms with Crippen molar-refractivity contribution < 1.29 is 38.5 Å². The number of fused-ring (bicyclic) bond motifs is 7. The van der Waals surface area contributed by atoms with Crippen LogP contribution in [0.5, 0.6) is 0 Å². The molecule has 43 heavy (non-hydrogen) atoms. The number of nitrogens with two attached hydrogens (primary N) is 1. The molecule has 0 spiro atoms. The number of nitrogens with one attached hydrogen (secondary N) is 2. The van der Waals surface area contributed by atoms with E-state index in [0.717, 1.165) is 24.8 Å². The predicted molar refractivity (Wildman–Crippen MR) is 156 cm³/mol. The standard InChI is InChI=1S/C32H47N3O8/c1-6-7-26-42-25-13-22-21-9-8-19-12-20(36)10-11-30(19,4)27(21)23(37)14-31(22,5)32(25,43-26)24(38)15-41-16-34-29(40)18(3)35-28(39)17(2)33/h10-12,17-18,21-23,25-27,37H,6-9,13-16,33H2,1-5H3,(H,34,40)(H,35,39)/t17-,18-,21?,22-,23-,25+,26?,27+,30-,31-,32+/m0/s1. The molecule has 11 heteroatoms. The van der Waals surface area contributed by atoms with Crippen LogP contribution in [0.1, 0.15) is 73.1 Å². The van der Waals surface area contributed by atoms with Crippen LogP contribution in [0.25, 0.3) is 0 Å². The second-order valence-corrected chi connectivity index (χ2v) is 13.6. The van der Waals surface area contributed by atoms with Gasteiger partial charge in [0.1, 0.15) is 19.4 Å². The van der Waals surface area contributed by atoms with Crippen molar-refractivity contribution in [2.75, 3.05) is 13.3 Å². The number of ketones is 2. The molecule has 0 aromatic heterocycles. The molecular weight excluding hydrogens is 554 g/mol. The van der Waals surface area contributed by atoms with Gasteiger partial charge >= 0.3 is 0 Å². The van der Waals surface area contributed by atoms with E-state index in [1.165, 1.54) is 13.8 Å². The van der Waals surface area contributed by atoms with Gasteiger partial charge in [-0.25, -0.2) is 0 Å². The van der Waals surface area contributed by atoms with Gasteiger partial charge in [0.2, 0.25) is 11.8 Å². The Balaban J connectivity index is 1.33. The molecule has 4 fully saturated rings. The van der Waals surface area contributed by atoms with Gasteiger partial charge in [-0.05, 0) is 69.9 Å². The number of carbonyl (C=O) groups is 4. The molecule has 0 bridgehead atoms. The summed E-state index contributed by atoms with van der Waals surface area (Å²) in [5.74, 6) is -1.08. The van der Waals surface area contributed by atoms with Crippen molar-refractivity contribution in [3.05, 3.63) is 23.8 Å². The van der Waals surface area contributed by atoms with E-state index in [4.69, 9.17) is 19.9 Å². The topological polar surface area (TPSA) is 166 Å². The Hall–Kier alpha value is -2.44. The molecule has 3 saturated carbocycles. The summed E-state index contributed by atoms with van der Waals surface area (Å²) in [6.45, 7) is 8.75. The number of hydrogen-bond acceptors (Lipinski definition) is 9. The number of amides is 2. The number of carbonyl (C=O) groups excluding carboxylic acids is 4. The van der Waals surface area contributed by atoms with Gasteiger partial charge < -0.3 is 35.7 Å². The molecule has 1 saturated heterocycles. The summed E-state index contributed by atoms with van der Waals surface area (Å²) >= 11 is 0. The van der Waals surface area contributed by atoms with Crippen molar-refractivity contribution in [3.63, 3.8) is 0 Å². The Bertz CT molecular complexity index is 1220. The molecule has 2 amide bonds. The van der Waals surface area contributed by atoms with E-state index < -0.39 is 58.8 Å². The van der Waals surface area contributed by atoms with Crippen molar-refractivity contribution in [2.24, 2.45) is 34.3 Å². The maximum atomic E-state index is 14.2. The van der Waals surface area contributed by atoms with Crippen LogP contribution in [0.15, 0.2) is 23.8 Å². The van der Waals surface area contributed by atoms with E-state index in [-0.39, 0.29) is 42.7 Å². The Morgan fingerprint density at radius 3 is 2.67 bits per heavy atom. The molecule has 238 valence electrons. The van der Waals surface area contributed by atoms with Gasteiger partial charge in [-0.1, -0.05) is 38.8 Å². The molecule has 1 aliphatic heterocycles. The highest BCUT2D eigenvalue weighted by Gasteiger charge is 2.75. The molecule has 0 radical (unpaired) electrons. The fourth-order valence-corrected chi connectivity index (χ4v) is 8.94. The molecular formula is C32H47N3O8. The molecule has 0 aromatic carbocycles. The van der Waals surface area contributed by atoms with Crippen LogP contribution in [0.4, 0.5) is 0 Å². The molecule has 5 rings (SSSR count). The summed E-state index contributed by atoms with van der Waals surface area (Å²) in [7, 11) is 0. The van der Waals surface area contributed by atoms with E-state index in [9.17, 15) is 24.3 Å². The first kappa shape index (κ1) is 32.0. The summed E-state index contributed by atoms with van der Waals surface area (Å²) < 4.78 is 18.7. The summed E-state index contributed by atoms with van der Waals surface area (Å²) in [4.78, 5) is 50.6. The number of rotatable bonds is 10. The molecule has 4 aliphatic carbocycles. The van der Waals surface area contributed by atoms with Gasteiger partial charge in [-0.3, -0.25) is 19.2 Å². The number of hydrogen-bond donors (Lipinski definition) is 4. The third-order valence-corrected chi connectivity index (χ3v) is 11.0. The number of Topliss-reactive ketones (excluding diaryl/α,β-unsaturated/α-hetero) is 1. The second kappa shape index (κ2) is 11.8. The van der Waals surface area contributed by atoms with Crippen molar-refractivity contribution in [1.82, 2.24) is 10.6 Å². The van der Waals surface area contributed by atoms with E-state index in [2.05, 4.69) is 24.5 Å². The predicted octanol–water partition coefficient (Wildman–Crippen LogP) is 1.67. The highest BCUT2D eigenvalue weighted by Crippen LogP contribution is 2.69. The van der Waals surface area contributed by atoms with Crippen LogP contribution < -0.4 is 16.4 Å². The maximum Gasteiger partial charge on any atom is 0.244 e. The third-order valence-electron chi connectivity index (χ3n) is 11.0. The highest BCUT2D eigenvalue weighted by molar-refractivity contribution is 6.01. The summed E-state index contributed by atoms with van der Waals surface area (Å²) in [6, 6.07) is -1.57. The van der Waals surface area contributed by atoms with E-state index >= 15 is 0 Å². The van der Waals surface area contributed by atoms with Crippen LogP contribution >= 0.6 is 0 Å². The smallest absolute Gasteiger partial charge is 0.244 e. The van der Waals surface area contributed by atoms with Crippen LogP contribution in [0.2, 0.25) is 0 Å². The first-order valence-corrected chi connectivity index (χ1v) is 15.7.